The average Bonchev–Trinajstić information content (AvgIpc) is 2.24. The van der Waals surface area contributed by atoms with E-state index in [-0.39, 0.29) is 11.7 Å². The van der Waals surface area contributed by atoms with Crippen molar-refractivity contribution in [3.8, 4) is 0 Å². The van der Waals surface area contributed by atoms with Gasteiger partial charge in [-0.25, -0.2) is 9.38 Å². The number of rotatable bonds is 8. The lowest BCUT2D eigenvalue weighted by Crippen LogP contribution is -2.30. The van der Waals surface area contributed by atoms with Gasteiger partial charge in [0.1, 0.15) is 10.3 Å². The summed E-state index contributed by atoms with van der Waals surface area (Å²) in [5, 5.41) is 10.6. The third kappa shape index (κ3) is 8.92. The summed E-state index contributed by atoms with van der Waals surface area (Å²) >= 11 is 12.4. The van der Waals surface area contributed by atoms with Gasteiger partial charge >= 0.3 is 0 Å². The lowest BCUT2D eigenvalue weighted by Gasteiger charge is -2.32. The van der Waals surface area contributed by atoms with Gasteiger partial charge in [0, 0.05) is 5.92 Å². The fraction of sp³-hybridized carbons (Fsp3) is 0.706. The van der Waals surface area contributed by atoms with Gasteiger partial charge in [0.05, 0.1) is 11.4 Å². The van der Waals surface area contributed by atoms with Crippen molar-refractivity contribution in [1.82, 2.24) is 0 Å². The van der Waals surface area contributed by atoms with Crippen LogP contribution in [0.4, 0.5) is 4.39 Å². The third-order valence-electron chi connectivity index (χ3n) is 3.39. The second kappa shape index (κ2) is 9.05. The maximum absolute atomic E-state index is 13.4. The van der Waals surface area contributed by atoms with Crippen molar-refractivity contribution >= 4 is 28.4 Å². The molecule has 128 valence electrons. The zero-order chi connectivity index (χ0) is 17.6. The topological polar surface area (TPSA) is 32.6 Å². The van der Waals surface area contributed by atoms with Gasteiger partial charge in [0.2, 0.25) is 0 Å². The smallest absolute Gasteiger partial charge is 0.126 e. The van der Waals surface area contributed by atoms with Crippen LogP contribution < -0.4 is 0 Å². The minimum Gasteiger partial charge on any atom is -0.390 e. The van der Waals surface area contributed by atoms with Crippen LogP contribution in [0, 0.1) is 11.3 Å². The Kier molecular flexibility index (Phi) is 8.89. The Labute approximate surface area is 144 Å². The molecule has 1 unspecified atom stereocenters. The van der Waals surface area contributed by atoms with Crippen molar-refractivity contribution in [2.24, 2.45) is 16.3 Å². The van der Waals surface area contributed by atoms with E-state index in [1.165, 1.54) is 13.0 Å². The van der Waals surface area contributed by atoms with Gasteiger partial charge in [-0.3, -0.25) is 0 Å². The summed E-state index contributed by atoms with van der Waals surface area (Å²) in [5.74, 6) is -0.497. The van der Waals surface area contributed by atoms with E-state index in [9.17, 15) is 9.50 Å². The first-order valence-electron chi connectivity index (χ1n) is 7.56. The van der Waals surface area contributed by atoms with Crippen molar-refractivity contribution in [2.75, 3.05) is 0 Å². The second-order valence-electron chi connectivity index (χ2n) is 6.83. The van der Waals surface area contributed by atoms with Crippen LogP contribution in [0.15, 0.2) is 28.1 Å². The number of nitrogens with zero attached hydrogens (tertiary/aromatic N) is 1. The van der Waals surface area contributed by atoms with E-state index in [4.69, 9.17) is 23.2 Å². The van der Waals surface area contributed by atoms with Crippen molar-refractivity contribution < 1.29 is 9.50 Å². The number of halogens is 3. The fourth-order valence-corrected chi connectivity index (χ4v) is 3.07. The molecule has 1 N–H and O–H groups in total. The summed E-state index contributed by atoms with van der Waals surface area (Å²) in [6.07, 6.45) is 5.17. The largest absolute Gasteiger partial charge is 0.390 e. The van der Waals surface area contributed by atoms with Crippen molar-refractivity contribution in [1.29, 1.82) is 0 Å². The average molecular weight is 352 g/mol. The Hall–Kier alpha value is -0.380. The molecule has 0 saturated heterocycles. The first-order chi connectivity index (χ1) is 9.89. The SMILES string of the molecule is CC/C=C(/Cl)N=C(Cl)C(CCC(C)(C)O)C(C)(C)/C=C(\C)F. The van der Waals surface area contributed by atoms with Crippen molar-refractivity contribution in [3.63, 3.8) is 0 Å². The molecule has 1 atom stereocenters. The predicted octanol–water partition coefficient (Wildman–Crippen LogP) is 6.18. The Bertz CT molecular complexity index is 444. The molecule has 2 nitrogen and oxygen atoms in total. The zero-order valence-corrected chi connectivity index (χ0v) is 15.9. The Morgan fingerprint density at radius 2 is 1.82 bits per heavy atom. The summed E-state index contributed by atoms with van der Waals surface area (Å²) in [4.78, 5) is 4.22. The summed E-state index contributed by atoms with van der Waals surface area (Å²) in [7, 11) is 0. The number of aliphatic imine (C=N–C) groups is 1. The highest BCUT2D eigenvalue weighted by Gasteiger charge is 2.33. The Balaban J connectivity index is 5.51. The maximum atomic E-state index is 13.4. The molecule has 0 rings (SSSR count). The lowest BCUT2D eigenvalue weighted by molar-refractivity contribution is 0.0625. The molecule has 0 aromatic heterocycles. The third-order valence-corrected chi connectivity index (χ3v) is 3.97. The molecule has 0 saturated carbocycles. The van der Waals surface area contributed by atoms with Gasteiger partial charge < -0.3 is 5.11 Å². The molecular formula is C17H28Cl2FNO. The minimum absolute atomic E-state index is 0.231. The maximum Gasteiger partial charge on any atom is 0.126 e. The van der Waals surface area contributed by atoms with Crippen LogP contribution in [0.1, 0.15) is 60.8 Å². The predicted molar refractivity (Wildman–Crippen MR) is 95.2 cm³/mol. The van der Waals surface area contributed by atoms with E-state index in [0.717, 1.165) is 6.42 Å². The van der Waals surface area contributed by atoms with E-state index >= 15 is 0 Å². The van der Waals surface area contributed by atoms with Gasteiger partial charge in [-0.05, 0) is 57.6 Å². The normalized spacial score (nSPS) is 16.9. The van der Waals surface area contributed by atoms with E-state index in [0.29, 0.717) is 23.2 Å². The van der Waals surface area contributed by atoms with Crippen LogP contribution in [0.2, 0.25) is 0 Å². The van der Waals surface area contributed by atoms with Crippen LogP contribution >= 0.6 is 23.2 Å². The molecule has 0 spiro atoms. The molecule has 0 aromatic carbocycles. The highest BCUT2D eigenvalue weighted by Crippen LogP contribution is 2.37. The standard InChI is InChI=1S/C17H28Cl2FNO/c1-7-8-14(18)21-15(19)13(9-10-17(5,6)22)16(3,4)11-12(2)20/h8,11,13,22H,7,9-10H2,1-6H3/b12-11+,14-8-,21-15?. The molecule has 0 amide bonds. The highest BCUT2D eigenvalue weighted by molar-refractivity contribution is 6.66. The monoisotopic (exact) mass is 351 g/mol. The van der Waals surface area contributed by atoms with Crippen molar-refractivity contribution in [2.45, 2.75) is 66.4 Å². The molecule has 0 fully saturated rings. The number of hydrogen-bond donors (Lipinski definition) is 1. The molecule has 0 aliphatic rings. The Morgan fingerprint density at radius 1 is 1.27 bits per heavy atom. The summed E-state index contributed by atoms with van der Waals surface area (Å²) in [6.45, 7) is 10.6. The number of allylic oxidation sites excluding steroid dienone is 3. The van der Waals surface area contributed by atoms with Crippen LogP contribution in [0.5, 0.6) is 0 Å². The molecule has 5 heteroatoms. The van der Waals surface area contributed by atoms with Crippen molar-refractivity contribution in [3.05, 3.63) is 23.1 Å². The Morgan fingerprint density at radius 3 is 2.23 bits per heavy atom. The van der Waals surface area contributed by atoms with Gasteiger partial charge in [0.25, 0.3) is 0 Å². The molecule has 0 bridgehead atoms. The van der Waals surface area contributed by atoms with Gasteiger partial charge in [-0.1, -0.05) is 44.0 Å². The van der Waals surface area contributed by atoms with Crippen LogP contribution in [-0.2, 0) is 0 Å². The molecule has 0 aliphatic carbocycles. The second-order valence-corrected chi connectivity index (χ2v) is 7.60. The molecule has 0 heterocycles. The van der Waals surface area contributed by atoms with Gasteiger partial charge in [0.15, 0.2) is 0 Å². The number of hydrogen-bond acceptors (Lipinski definition) is 2. The first-order valence-corrected chi connectivity index (χ1v) is 8.31. The molecule has 0 aliphatic heterocycles. The van der Waals surface area contributed by atoms with Crippen LogP contribution in [0.3, 0.4) is 0 Å². The summed E-state index contributed by atoms with van der Waals surface area (Å²) in [6, 6.07) is 0. The zero-order valence-electron chi connectivity index (χ0n) is 14.4. The molecule has 0 radical (unpaired) electrons. The summed E-state index contributed by atoms with van der Waals surface area (Å²) < 4.78 is 13.4. The van der Waals surface area contributed by atoms with E-state index in [1.54, 1.807) is 19.9 Å². The van der Waals surface area contributed by atoms with E-state index in [1.807, 2.05) is 20.8 Å². The molecule has 22 heavy (non-hydrogen) atoms. The highest BCUT2D eigenvalue weighted by atomic mass is 35.5. The van der Waals surface area contributed by atoms with E-state index < -0.39 is 11.0 Å². The summed E-state index contributed by atoms with van der Waals surface area (Å²) in [5.41, 5.74) is -1.35. The van der Waals surface area contributed by atoms with Crippen LogP contribution in [-0.4, -0.2) is 15.9 Å². The number of aliphatic hydroxyl groups is 1. The lowest BCUT2D eigenvalue weighted by atomic mass is 9.75. The van der Waals surface area contributed by atoms with Crippen LogP contribution in [0.25, 0.3) is 0 Å². The molecular weight excluding hydrogens is 324 g/mol. The van der Waals surface area contributed by atoms with E-state index in [2.05, 4.69) is 4.99 Å². The minimum atomic E-state index is -0.816. The molecule has 0 aromatic rings. The van der Waals surface area contributed by atoms with Gasteiger partial charge in [-0.2, -0.15) is 0 Å². The first kappa shape index (κ1) is 21.6. The fourth-order valence-electron chi connectivity index (χ4n) is 2.30. The van der Waals surface area contributed by atoms with Gasteiger partial charge in [-0.15, -0.1) is 0 Å². The quantitative estimate of drug-likeness (QED) is 0.410.